The van der Waals surface area contributed by atoms with Crippen molar-refractivity contribution in [2.75, 3.05) is 5.32 Å². The average Bonchev–Trinajstić information content (AvgIpc) is 3.13. The molecule has 0 spiro atoms. The van der Waals surface area contributed by atoms with E-state index in [0.29, 0.717) is 10.6 Å². The molecule has 0 aliphatic carbocycles. The molecule has 0 aliphatic rings. The summed E-state index contributed by atoms with van der Waals surface area (Å²) in [5, 5.41) is 10.6. The lowest BCUT2D eigenvalue weighted by Crippen LogP contribution is -2.26. The maximum absolute atomic E-state index is 12.6. The molecule has 10 heteroatoms. The van der Waals surface area contributed by atoms with Gasteiger partial charge in [0.15, 0.2) is 0 Å². The summed E-state index contributed by atoms with van der Waals surface area (Å²) in [5.74, 6) is -0.432. The Morgan fingerprint density at radius 1 is 1.07 bits per heavy atom. The van der Waals surface area contributed by atoms with Gasteiger partial charge >= 0.3 is 0 Å². The zero-order valence-electron chi connectivity index (χ0n) is 15.9. The van der Waals surface area contributed by atoms with E-state index >= 15 is 0 Å². The lowest BCUT2D eigenvalue weighted by molar-refractivity contribution is 0.102. The lowest BCUT2D eigenvalue weighted by atomic mass is 10.0. The minimum Gasteiger partial charge on any atom is -0.296 e. The molecule has 1 heterocycles. The van der Waals surface area contributed by atoms with Crippen LogP contribution in [0.15, 0.2) is 46.8 Å². The molecule has 0 aliphatic heterocycles. The molecule has 2 aromatic carbocycles. The number of anilines is 1. The number of aromatic nitrogens is 2. The van der Waals surface area contributed by atoms with E-state index < -0.39 is 22.0 Å². The Balaban J connectivity index is 1.71. The summed E-state index contributed by atoms with van der Waals surface area (Å²) in [6, 6.07) is 11.6. The largest absolute Gasteiger partial charge is 0.296 e. The van der Waals surface area contributed by atoms with Gasteiger partial charge in [-0.25, -0.2) is 13.1 Å². The fraction of sp³-hybridized carbons (Fsp3) is 0.211. The van der Waals surface area contributed by atoms with Gasteiger partial charge in [0.1, 0.15) is 0 Å². The molecule has 0 saturated heterocycles. The Kier molecular flexibility index (Phi) is 6.33. The van der Waals surface area contributed by atoms with Crippen molar-refractivity contribution in [2.45, 2.75) is 31.2 Å². The highest BCUT2D eigenvalue weighted by molar-refractivity contribution is 7.91. The van der Waals surface area contributed by atoms with Gasteiger partial charge in [-0.15, -0.1) is 10.2 Å². The number of nitrogens with one attached hydrogen (secondary N) is 2. The highest BCUT2D eigenvalue weighted by atomic mass is 35.5. The van der Waals surface area contributed by atoms with E-state index in [1.165, 1.54) is 0 Å². The smallest absolute Gasteiger partial charge is 0.270 e. The minimum atomic E-state index is -3.89. The second-order valence-electron chi connectivity index (χ2n) is 6.52. The number of carbonyl (C=O) groups is 1. The van der Waals surface area contributed by atoms with Crippen LogP contribution in [-0.2, 0) is 10.0 Å². The Bertz CT molecular complexity index is 1140. The van der Waals surface area contributed by atoms with Gasteiger partial charge < -0.3 is 0 Å². The van der Waals surface area contributed by atoms with Crippen LogP contribution in [-0.4, -0.2) is 24.5 Å². The second kappa shape index (κ2) is 8.58. The third-order valence-electron chi connectivity index (χ3n) is 4.33. The van der Waals surface area contributed by atoms with E-state index in [2.05, 4.69) is 20.2 Å². The first-order chi connectivity index (χ1) is 13.7. The Labute approximate surface area is 178 Å². The van der Waals surface area contributed by atoms with Crippen LogP contribution < -0.4 is 10.0 Å². The van der Waals surface area contributed by atoms with Gasteiger partial charge in [-0.3, -0.25) is 10.1 Å². The summed E-state index contributed by atoms with van der Waals surface area (Å²) in [7, 11) is -3.89. The molecule has 1 atom stereocenters. The van der Waals surface area contributed by atoms with Crippen molar-refractivity contribution >= 4 is 44.0 Å². The molecule has 152 valence electrons. The van der Waals surface area contributed by atoms with Gasteiger partial charge in [-0.2, -0.15) is 0 Å². The zero-order valence-corrected chi connectivity index (χ0v) is 18.3. The molecule has 0 radical (unpaired) electrons. The van der Waals surface area contributed by atoms with Crippen LogP contribution in [0.25, 0.3) is 0 Å². The number of halogens is 1. The average molecular weight is 451 g/mol. The zero-order chi connectivity index (χ0) is 21.2. The van der Waals surface area contributed by atoms with Gasteiger partial charge in [-0.1, -0.05) is 41.1 Å². The van der Waals surface area contributed by atoms with Crippen molar-refractivity contribution in [3.05, 3.63) is 69.7 Å². The first-order valence-corrected chi connectivity index (χ1v) is 11.3. The van der Waals surface area contributed by atoms with Crippen molar-refractivity contribution in [1.29, 1.82) is 0 Å². The molecule has 0 saturated carbocycles. The maximum atomic E-state index is 12.6. The van der Waals surface area contributed by atoms with Gasteiger partial charge in [0.2, 0.25) is 9.47 Å². The number of amides is 1. The van der Waals surface area contributed by atoms with Crippen molar-refractivity contribution in [2.24, 2.45) is 0 Å². The lowest BCUT2D eigenvalue weighted by Gasteiger charge is -2.14. The van der Waals surface area contributed by atoms with E-state index in [0.717, 1.165) is 28.0 Å². The highest BCUT2D eigenvalue weighted by Gasteiger charge is 2.24. The Morgan fingerprint density at radius 3 is 2.41 bits per heavy atom. The summed E-state index contributed by atoms with van der Waals surface area (Å²) < 4.78 is 27.7. The van der Waals surface area contributed by atoms with Crippen molar-refractivity contribution in [1.82, 2.24) is 14.9 Å². The van der Waals surface area contributed by atoms with Crippen LogP contribution in [0.3, 0.4) is 0 Å². The second-order valence-corrected chi connectivity index (χ2v) is 9.82. The predicted octanol–water partition coefficient (Wildman–Crippen LogP) is 4.10. The third-order valence-corrected chi connectivity index (χ3v) is 7.32. The molecule has 2 N–H and O–H groups in total. The normalized spacial score (nSPS) is 12.6. The number of sulfonamides is 1. The number of hydrogen-bond acceptors (Lipinski definition) is 6. The molecule has 3 rings (SSSR count). The maximum Gasteiger partial charge on any atom is 0.270 e. The predicted molar refractivity (Wildman–Crippen MR) is 114 cm³/mol. The summed E-state index contributed by atoms with van der Waals surface area (Å²) in [5.41, 5.74) is 3.43. The molecular weight excluding hydrogens is 432 g/mol. The fourth-order valence-electron chi connectivity index (χ4n) is 2.52. The number of aryl methyl sites for hydroxylation is 2. The van der Waals surface area contributed by atoms with E-state index in [9.17, 15) is 13.2 Å². The molecule has 29 heavy (non-hydrogen) atoms. The number of carbonyl (C=O) groups excluding carboxylic acids is 1. The first kappa shape index (κ1) is 21.4. The molecule has 3 aromatic rings. The van der Waals surface area contributed by atoms with E-state index in [1.54, 1.807) is 31.2 Å². The van der Waals surface area contributed by atoms with Crippen LogP contribution in [0.4, 0.5) is 5.13 Å². The highest BCUT2D eigenvalue weighted by Crippen LogP contribution is 2.24. The van der Waals surface area contributed by atoms with Crippen molar-refractivity contribution in [3.63, 3.8) is 0 Å². The quantitative estimate of drug-likeness (QED) is 0.550. The summed E-state index contributed by atoms with van der Waals surface area (Å²) >= 11 is 6.58. The van der Waals surface area contributed by atoms with Crippen molar-refractivity contribution in [3.8, 4) is 0 Å². The van der Waals surface area contributed by atoms with E-state index in [1.807, 2.05) is 32.0 Å². The van der Waals surface area contributed by atoms with E-state index in [-0.39, 0.29) is 9.47 Å². The minimum absolute atomic E-state index is 0.0872. The molecule has 0 fully saturated rings. The number of hydrogen-bond donors (Lipinski definition) is 2. The topological polar surface area (TPSA) is 101 Å². The number of nitrogens with zero attached hydrogens (tertiary/aromatic N) is 2. The van der Waals surface area contributed by atoms with E-state index in [4.69, 9.17) is 11.6 Å². The molecular formula is C19H19ClN4O3S2. The van der Waals surface area contributed by atoms with Gasteiger partial charge in [0, 0.05) is 16.6 Å². The first-order valence-electron chi connectivity index (χ1n) is 8.65. The van der Waals surface area contributed by atoms with Crippen molar-refractivity contribution < 1.29 is 13.2 Å². The van der Waals surface area contributed by atoms with Gasteiger partial charge in [-0.05, 0) is 61.7 Å². The number of benzene rings is 2. The monoisotopic (exact) mass is 450 g/mol. The molecule has 1 amide bonds. The summed E-state index contributed by atoms with van der Waals surface area (Å²) in [6.07, 6.45) is 0. The molecule has 1 aromatic heterocycles. The molecule has 0 bridgehead atoms. The van der Waals surface area contributed by atoms with Gasteiger partial charge in [0.25, 0.3) is 15.9 Å². The fourth-order valence-corrected chi connectivity index (χ4v) is 4.79. The Morgan fingerprint density at radius 2 is 1.76 bits per heavy atom. The molecule has 0 unspecified atom stereocenters. The summed E-state index contributed by atoms with van der Waals surface area (Å²) in [6.45, 7) is 5.72. The van der Waals surface area contributed by atoms with Crippen LogP contribution in [0.2, 0.25) is 5.02 Å². The van der Waals surface area contributed by atoms with Crippen LogP contribution in [0, 0.1) is 13.8 Å². The number of rotatable bonds is 6. The third kappa shape index (κ3) is 5.18. The van der Waals surface area contributed by atoms with Crippen LogP contribution in [0.1, 0.15) is 40.0 Å². The molecule has 7 nitrogen and oxygen atoms in total. The Hall–Kier alpha value is -2.33. The SMILES string of the molecule is Cc1ccc([C@H](C)NS(=O)(=O)c2nnc(NC(=O)c3ccc(Cl)cc3)s2)cc1C. The summed E-state index contributed by atoms with van der Waals surface area (Å²) in [4.78, 5) is 12.2. The van der Waals surface area contributed by atoms with Crippen LogP contribution >= 0.6 is 22.9 Å². The van der Waals surface area contributed by atoms with Gasteiger partial charge in [0.05, 0.1) is 0 Å². The van der Waals surface area contributed by atoms with Crippen LogP contribution in [0.5, 0.6) is 0 Å². The standard InChI is InChI=1S/C19H19ClN4O3S2/c1-11-4-5-15(10-12(11)2)13(3)24-29(26,27)19-23-22-18(28-19)21-17(25)14-6-8-16(20)9-7-14/h4-10,13,24H,1-3H3,(H,21,22,25)/t13-/m0/s1.